The number of rotatable bonds is 5. The lowest BCUT2D eigenvalue weighted by Crippen LogP contribution is -2.41. The molecule has 0 saturated carbocycles. The van der Waals surface area contributed by atoms with E-state index in [0.29, 0.717) is 6.61 Å². The Morgan fingerprint density at radius 2 is 1.93 bits per heavy atom. The first-order valence-electron chi connectivity index (χ1n) is 9.82. The summed E-state index contributed by atoms with van der Waals surface area (Å²) in [7, 11) is -1.83. The van der Waals surface area contributed by atoms with Crippen LogP contribution >= 0.6 is 0 Å². The van der Waals surface area contributed by atoms with Gasteiger partial charge in [0.25, 0.3) is 5.56 Å². The number of aromatic amines is 1. The number of nitrogens with zero attached hydrogens (tertiary/aromatic N) is 1. The molecule has 1 aromatic heterocycles. The van der Waals surface area contributed by atoms with Crippen LogP contribution < -0.4 is 11.2 Å². The highest BCUT2D eigenvalue weighted by atomic mass is 28.4. The summed E-state index contributed by atoms with van der Waals surface area (Å²) in [6.45, 7) is 15.5. The second kappa shape index (κ2) is 7.09. The smallest absolute Gasteiger partial charge is 0.328 e. The molecule has 1 aromatic rings. The van der Waals surface area contributed by atoms with E-state index in [-0.39, 0.29) is 23.3 Å². The van der Waals surface area contributed by atoms with Gasteiger partial charge < -0.3 is 13.9 Å². The van der Waals surface area contributed by atoms with Crippen molar-refractivity contribution in [1.82, 2.24) is 9.55 Å². The highest BCUT2D eigenvalue weighted by Gasteiger charge is 2.50. The second-order valence-corrected chi connectivity index (χ2v) is 14.4. The van der Waals surface area contributed by atoms with Crippen LogP contribution in [0.2, 0.25) is 18.1 Å². The van der Waals surface area contributed by atoms with Gasteiger partial charge >= 0.3 is 5.69 Å². The minimum absolute atomic E-state index is 0.153. The lowest BCUT2D eigenvalue weighted by atomic mass is 10.1. The van der Waals surface area contributed by atoms with Crippen molar-refractivity contribution >= 4 is 8.32 Å². The number of H-pyrrole nitrogens is 1. The highest BCUT2D eigenvalue weighted by Crippen LogP contribution is 2.44. The van der Waals surface area contributed by atoms with Crippen molar-refractivity contribution < 1.29 is 13.9 Å². The summed E-state index contributed by atoms with van der Waals surface area (Å²) in [4.78, 5) is 26.0. The van der Waals surface area contributed by atoms with Crippen molar-refractivity contribution in [3.63, 3.8) is 0 Å². The van der Waals surface area contributed by atoms with Crippen molar-refractivity contribution in [2.75, 3.05) is 6.61 Å². The topological polar surface area (TPSA) is 82.6 Å². The van der Waals surface area contributed by atoms with E-state index in [1.54, 1.807) is 0 Å². The van der Waals surface area contributed by atoms with Crippen molar-refractivity contribution in [2.45, 2.75) is 83.2 Å². The van der Waals surface area contributed by atoms with Gasteiger partial charge in [-0.15, -0.1) is 0 Å². The van der Waals surface area contributed by atoms with Gasteiger partial charge in [-0.25, -0.2) is 4.79 Å². The molecule has 0 radical (unpaired) electrons. The van der Waals surface area contributed by atoms with Crippen LogP contribution in [0.5, 0.6) is 0 Å². The molecule has 7 nitrogen and oxygen atoms in total. The molecule has 1 aliphatic carbocycles. The van der Waals surface area contributed by atoms with Gasteiger partial charge in [-0.1, -0.05) is 26.8 Å². The maximum atomic E-state index is 12.3. The van der Waals surface area contributed by atoms with E-state index in [4.69, 9.17) is 13.9 Å². The molecule has 2 heterocycles. The average Bonchev–Trinajstić information content (AvgIpc) is 3.00. The van der Waals surface area contributed by atoms with E-state index in [2.05, 4.69) is 38.8 Å². The fraction of sp³-hybridized carbons (Fsp3) is 0.700. The van der Waals surface area contributed by atoms with E-state index in [0.717, 1.165) is 12.0 Å². The predicted octanol–water partition coefficient (Wildman–Crippen LogP) is 2.95. The normalized spacial score (nSPS) is 27.0. The van der Waals surface area contributed by atoms with Crippen LogP contribution in [-0.2, 0) is 13.9 Å². The van der Waals surface area contributed by atoms with Crippen LogP contribution in [0.3, 0.4) is 0 Å². The van der Waals surface area contributed by atoms with Crippen LogP contribution in [0.15, 0.2) is 33.5 Å². The third kappa shape index (κ3) is 4.10. The van der Waals surface area contributed by atoms with Gasteiger partial charge in [-0.2, -0.15) is 0 Å². The fourth-order valence-corrected chi connectivity index (χ4v) is 4.55. The van der Waals surface area contributed by atoms with E-state index in [1.807, 2.05) is 19.9 Å². The van der Waals surface area contributed by atoms with Crippen molar-refractivity contribution in [2.24, 2.45) is 0 Å². The summed E-state index contributed by atoms with van der Waals surface area (Å²) in [6.07, 6.45) is 3.74. The monoisotopic (exact) mass is 408 g/mol. The number of aromatic nitrogens is 2. The first-order chi connectivity index (χ1) is 12.8. The molecule has 3 atom stereocenters. The van der Waals surface area contributed by atoms with E-state index in [9.17, 15) is 9.59 Å². The molecule has 156 valence electrons. The molecular weight excluding hydrogens is 376 g/mol. The van der Waals surface area contributed by atoms with E-state index in [1.165, 1.54) is 16.8 Å². The SMILES string of the molecule is CC1(C)O[C@@H]2[C@H](O1)C(CCO[Si](C)(C)C(C)(C)C)=C[C@H]2n1ccc(=O)[nH]c1=O. The van der Waals surface area contributed by atoms with Gasteiger partial charge in [0.1, 0.15) is 12.2 Å². The average molecular weight is 409 g/mol. The lowest BCUT2D eigenvalue weighted by Gasteiger charge is -2.36. The zero-order chi connectivity index (χ0) is 20.9. The number of ether oxygens (including phenoxy) is 2. The number of hydrogen-bond acceptors (Lipinski definition) is 5. The molecule has 2 aliphatic rings. The van der Waals surface area contributed by atoms with Gasteiger partial charge in [0.2, 0.25) is 0 Å². The molecular formula is C20H32N2O5Si. The quantitative estimate of drug-likeness (QED) is 0.598. The zero-order valence-corrected chi connectivity index (χ0v) is 18.9. The van der Waals surface area contributed by atoms with Crippen LogP contribution in [-0.4, -0.2) is 42.5 Å². The predicted molar refractivity (Wildman–Crippen MR) is 110 cm³/mol. The first-order valence-corrected chi connectivity index (χ1v) is 12.7. The highest BCUT2D eigenvalue weighted by molar-refractivity contribution is 6.74. The number of hydrogen-bond donors (Lipinski definition) is 1. The Bertz CT molecular complexity index is 878. The summed E-state index contributed by atoms with van der Waals surface area (Å²) < 4.78 is 20.1. The van der Waals surface area contributed by atoms with Gasteiger partial charge in [0, 0.05) is 18.9 Å². The van der Waals surface area contributed by atoms with Crippen LogP contribution in [0.1, 0.15) is 47.1 Å². The fourth-order valence-electron chi connectivity index (χ4n) is 3.50. The zero-order valence-electron chi connectivity index (χ0n) is 17.9. The van der Waals surface area contributed by atoms with Crippen LogP contribution in [0, 0.1) is 0 Å². The minimum Gasteiger partial charge on any atom is -0.417 e. The standard InChI is InChI=1S/C20H32N2O5Si/c1-19(2,3)28(6,7)25-11-9-13-12-14(17-16(13)26-20(4,5)27-17)22-10-8-15(23)21-18(22)24/h8,10,12,14,16-17H,9,11H2,1-7H3,(H,21,23,24)/t14-,16-,17+/m1/s1. The molecule has 1 saturated heterocycles. The molecule has 0 bridgehead atoms. The van der Waals surface area contributed by atoms with Crippen molar-refractivity contribution in [1.29, 1.82) is 0 Å². The summed E-state index contributed by atoms with van der Waals surface area (Å²) in [6, 6.07) is 1.03. The molecule has 3 rings (SSSR count). The Balaban J connectivity index is 1.82. The van der Waals surface area contributed by atoms with Crippen molar-refractivity contribution in [3.8, 4) is 0 Å². The number of fused-ring (bicyclic) bond motifs is 1. The third-order valence-corrected chi connectivity index (χ3v) is 10.6. The Morgan fingerprint density at radius 1 is 1.25 bits per heavy atom. The molecule has 28 heavy (non-hydrogen) atoms. The molecule has 0 spiro atoms. The van der Waals surface area contributed by atoms with Gasteiger partial charge in [-0.3, -0.25) is 14.3 Å². The van der Waals surface area contributed by atoms with Crippen LogP contribution in [0.4, 0.5) is 0 Å². The molecule has 8 heteroatoms. The minimum atomic E-state index is -1.83. The number of nitrogens with one attached hydrogen (secondary N) is 1. The lowest BCUT2D eigenvalue weighted by molar-refractivity contribution is -0.148. The molecule has 0 unspecified atom stereocenters. The maximum Gasteiger partial charge on any atom is 0.328 e. The summed E-state index contributed by atoms with van der Waals surface area (Å²) in [5, 5.41) is 0.153. The third-order valence-electron chi connectivity index (χ3n) is 6.05. The van der Waals surface area contributed by atoms with E-state index < -0.39 is 25.4 Å². The van der Waals surface area contributed by atoms with E-state index >= 15 is 0 Å². The Hall–Kier alpha value is -1.48. The van der Waals surface area contributed by atoms with Gasteiger partial charge in [-0.05, 0) is 44.0 Å². The first kappa shape index (κ1) is 21.2. The summed E-state index contributed by atoms with van der Waals surface area (Å²) >= 11 is 0. The summed E-state index contributed by atoms with van der Waals surface area (Å²) in [5.41, 5.74) is 0.226. The Labute approximate surface area is 166 Å². The van der Waals surface area contributed by atoms with Gasteiger partial charge in [0.05, 0.1) is 6.04 Å². The summed E-state index contributed by atoms with van der Waals surface area (Å²) in [5.74, 6) is -0.723. The molecule has 1 N–H and O–H groups in total. The van der Waals surface area contributed by atoms with Crippen molar-refractivity contribution in [3.05, 3.63) is 44.8 Å². The van der Waals surface area contributed by atoms with Gasteiger partial charge in [0.15, 0.2) is 14.1 Å². The Morgan fingerprint density at radius 3 is 2.54 bits per heavy atom. The molecule has 1 aliphatic heterocycles. The molecule has 0 amide bonds. The Kier molecular flexibility index (Phi) is 5.37. The molecule has 0 aromatic carbocycles. The maximum absolute atomic E-state index is 12.3. The van der Waals surface area contributed by atoms with Crippen LogP contribution in [0.25, 0.3) is 0 Å². The largest absolute Gasteiger partial charge is 0.417 e. The molecule has 1 fully saturated rings. The second-order valence-electron chi connectivity index (χ2n) is 9.63.